The highest BCUT2D eigenvalue weighted by molar-refractivity contribution is 5.48. The van der Waals surface area contributed by atoms with Gasteiger partial charge in [-0.2, -0.15) is 0 Å². The van der Waals surface area contributed by atoms with Crippen molar-refractivity contribution >= 4 is 11.4 Å². The topological polar surface area (TPSA) is 81.6 Å². The van der Waals surface area contributed by atoms with Crippen LogP contribution in [0.1, 0.15) is 5.56 Å². The number of methoxy groups -OCH3 is 1. The first-order valence-corrected chi connectivity index (χ1v) is 6.00. The standard InChI is InChI=1S/C14H15N3O3/c1-20-14-7-5-12(6-8-14)16(15)10-11-3-2-4-13(9-11)17(18)19/h2-9H,10,15H2,1H3. The molecule has 2 aromatic carbocycles. The lowest BCUT2D eigenvalue weighted by atomic mass is 10.2. The Morgan fingerprint density at radius 1 is 1.25 bits per heavy atom. The molecule has 0 radical (unpaired) electrons. The maximum atomic E-state index is 10.7. The van der Waals surface area contributed by atoms with Gasteiger partial charge in [-0.25, -0.2) is 5.84 Å². The van der Waals surface area contributed by atoms with Gasteiger partial charge < -0.3 is 9.75 Å². The molecule has 2 rings (SSSR count). The minimum atomic E-state index is -0.419. The van der Waals surface area contributed by atoms with Gasteiger partial charge in [-0.05, 0) is 29.8 Å². The van der Waals surface area contributed by atoms with E-state index in [1.807, 2.05) is 24.3 Å². The predicted molar refractivity (Wildman–Crippen MR) is 76.5 cm³/mol. The summed E-state index contributed by atoms with van der Waals surface area (Å²) < 4.78 is 5.07. The molecular weight excluding hydrogens is 258 g/mol. The fraction of sp³-hybridized carbons (Fsp3) is 0.143. The summed E-state index contributed by atoms with van der Waals surface area (Å²) in [7, 11) is 1.60. The first-order chi connectivity index (χ1) is 9.60. The molecule has 104 valence electrons. The van der Waals surface area contributed by atoms with Gasteiger partial charge in [-0.1, -0.05) is 12.1 Å². The maximum Gasteiger partial charge on any atom is 0.269 e. The Morgan fingerprint density at radius 2 is 1.95 bits per heavy atom. The monoisotopic (exact) mass is 273 g/mol. The zero-order valence-electron chi connectivity index (χ0n) is 11.0. The highest BCUT2D eigenvalue weighted by Crippen LogP contribution is 2.20. The average Bonchev–Trinajstić information content (AvgIpc) is 2.47. The van der Waals surface area contributed by atoms with Gasteiger partial charge in [0.15, 0.2) is 0 Å². The number of ether oxygens (including phenoxy) is 1. The van der Waals surface area contributed by atoms with Crippen LogP contribution in [0.15, 0.2) is 48.5 Å². The second-order valence-corrected chi connectivity index (χ2v) is 4.25. The van der Waals surface area contributed by atoms with Crippen molar-refractivity contribution in [2.75, 3.05) is 12.1 Å². The van der Waals surface area contributed by atoms with E-state index in [0.717, 1.165) is 17.0 Å². The number of hydrogen-bond acceptors (Lipinski definition) is 5. The van der Waals surface area contributed by atoms with Crippen LogP contribution < -0.4 is 15.6 Å². The zero-order valence-corrected chi connectivity index (χ0v) is 11.0. The van der Waals surface area contributed by atoms with Crippen molar-refractivity contribution in [3.63, 3.8) is 0 Å². The normalized spacial score (nSPS) is 10.1. The SMILES string of the molecule is COc1ccc(N(N)Cc2cccc([N+](=O)[O-])c2)cc1. The molecule has 0 unspecified atom stereocenters. The van der Waals surface area contributed by atoms with Crippen molar-refractivity contribution in [3.05, 3.63) is 64.2 Å². The van der Waals surface area contributed by atoms with Crippen LogP contribution in [0.3, 0.4) is 0 Å². The molecule has 6 heteroatoms. The number of nitrogens with zero attached hydrogens (tertiary/aromatic N) is 2. The van der Waals surface area contributed by atoms with E-state index in [2.05, 4.69) is 0 Å². The summed E-state index contributed by atoms with van der Waals surface area (Å²) in [6.07, 6.45) is 0. The lowest BCUT2D eigenvalue weighted by molar-refractivity contribution is -0.384. The summed E-state index contributed by atoms with van der Waals surface area (Å²) in [5.74, 6) is 6.72. The maximum absolute atomic E-state index is 10.7. The van der Waals surface area contributed by atoms with Crippen LogP contribution in [0.5, 0.6) is 5.75 Å². The summed E-state index contributed by atoms with van der Waals surface area (Å²) in [6, 6.07) is 13.7. The van der Waals surface area contributed by atoms with Gasteiger partial charge in [0.2, 0.25) is 0 Å². The Labute approximate surface area is 116 Å². The lowest BCUT2D eigenvalue weighted by Crippen LogP contribution is -2.29. The molecule has 20 heavy (non-hydrogen) atoms. The van der Waals surface area contributed by atoms with Crippen LogP contribution in [0.4, 0.5) is 11.4 Å². The molecule has 0 bridgehead atoms. The molecule has 2 aromatic rings. The molecule has 0 aliphatic carbocycles. The highest BCUT2D eigenvalue weighted by Gasteiger charge is 2.08. The largest absolute Gasteiger partial charge is 0.497 e. The molecule has 6 nitrogen and oxygen atoms in total. The van der Waals surface area contributed by atoms with E-state index in [1.165, 1.54) is 17.1 Å². The molecule has 0 fully saturated rings. The first-order valence-electron chi connectivity index (χ1n) is 6.00. The van der Waals surface area contributed by atoms with Crippen LogP contribution in [0.2, 0.25) is 0 Å². The number of non-ortho nitro benzene ring substituents is 1. The van der Waals surface area contributed by atoms with E-state index in [0.29, 0.717) is 6.54 Å². The summed E-state index contributed by atoms with van der Waals surface area (Å²) >= 11 is 0. The van der Waals surface area contributed by atoms with Crippen molar-refractivity contribution in [2.45, 2.75) is 6.54 Å². The van der Waals surface area contributed by atoms with Crippen LogP contribution >= 0.6 is 0 Å². The highest BCUT2D eigenvalue weighted by atomic mass is 16.6. The minimum Gasteiger partial charge on any atom is -0.497 e. The third-order valence-corrected chi connectivity index (χ3v) is 2.88. The van der Waals surface area contributed by atoms with Gasteiger partial charge >= 0.3 is 0 Å². The molecule has 0 heterocycles. The van der Waals surface area contributed by atoms with Gasteiger partial charge in [0, 0.05) is 12.1 Å². The zero-order chi connectivity index (χ0) is 14.5. The summed E-state index contributed by atoms with van der Waals surface area (Å²) in [6.45, 7) is 0.383. The number of hydrazine groups is 1. The van der Waals surface area contributed by atoms with E-state index in [-0.39, 0.29) is 5.69 Å². The third kappa shape index (κ3) is 3.24. The van der Waals surface area contributed by atoms with Crippen molar-refractivity contribution in [3.8, 4) is 5.75 Å². The third-order valence-electron chi connectivity index (χ3n) is 2.88. The van der Waals surface area contributed by atoms with Gasteiger partial charge in [-0.3, -0.25) is 10.1 Å². The Bertz CT molecular complexity index is 599. The van der Waals surface area contributed by atoms with Crippen molar-refractivity contribution < 1.29 is 9.66 Å². The van der Waals surface area contributed by atoms with Crippen LogP contribution in [0, 0.1) is 10.1 Å². The molecule has 0 aliphatic heterocycles. The van der Waals surface area contributed by atoms with E-state index < -0.39 is 4.92 Å². The number of nitro benzene ring substituents is 1. The Kier molecular flexibility index (Phi) is 4.17. The number of nitro groups is 1. The second kappa shape index (κ2) is 6.03. The van der Waals surface area contributed by atoms with Gasteiger partial charge in [-0.15, -0.1) is 0 Å². The molecule has 0 saturated carbocycles. The Morgan fingerprint density at radius 3 is 2.55 bits per heavy atom. The molecule has 0 spiro atoms. The summed E-state index contributed by atoms with van der Waals surface area (Å²) in [5.41, 5.74) is 1.64. The predicted octanol–water partition coefficient (Wildman–Crippen LogP) is 2.48. The van der Waals surface area contributed by atoms with Gasteiger partial charge in [0.25, 0.3) is 5.69 Å². The number of benzene rings is 2. The molecule has 0 atom stereocenters. The lowest BCUT2D eigenvalue weighted by Gasteiger charge is -2.19. The molecule has 0 aromatic heterocycles. The molecule has 0 amide bonds. The number of hydrogen-bond donors (Lipinski definition) is 1. The van der Waals surface area contributed by atoms with E-state index in [4.69, 9.17) is 10.6 Å². The van der Waals surface area contributed by atoms with Crippen LogP contribution in [-0.4, -0.2) is 12.0 Å². The summed E-state index contributed by atoms with van der Waals surface area (Å²) in [5, 5.41) is 12.3. The second-order valence-electron chi connectivity index (χ2n) is 4.25. The van der Waals surface area contributed by atoms with E-state index in [1.54, 1.807) is 19.2 Å². The van der Waals surface area contributed by atoms with Crippen molar-refractivity contribution in [2.24, 2.45) is 5.84 Å². The Balaban J connectivity index is 2.12. The molecular formula is C14H15N3O3. The van der Waals surface area contributed by atoms with E-state index in [9.17, 15) is 10.1 Å². The molecule has 0 saturated heterocycles. The quantitative estimate of drug-likeness (QED) is 0.514. The van der Waals surface area contributed by atoms with Crippen LogP contribution in [0.25, 0.3) is 0 Å². The number of anilines is 1. The minimum absolute atomic E-state index is 0.0608. The van der Waals surface area contributed by atoms with E-state index >= 15 is 0 Å². The summed E-state index contributed by atoms with van der Waals surface area (Å²) in [4.78, 5) is 10.3. The van der Waals surface area contributed by atoms with Crippen molar-refractivity contribution in [1.29, 1.82) is 0 Å². The molecule has 2 N–H and O–H groups in total. The van der Waals surface area contributed by atoms with Gasteiger partial charge in [0.1, 0.15) is 5.75 Å². The van der Waals surface area contributed by atoms with Crippen LogP contribution in [-0.2, 0) is 6.54 Å². The van der Waals surface area contributed by atoms with Crippen molar-refractivity contribution in [1.82, 2.24) is 0 Å². The smallest absolute Gasteiger partial charge is 0.269 e. The van der Waals surface area contributed by atoms with Gasteiger partial charge in [0.05, 0.1) is 24.3 Å². The fourth-order valence-electron chi connectivity index (χ4n) is 1.83. The molecule has 0 aliphatic rings. The number of nitrogens with two attached hydrogens (primary N) is 1. The average molecular weight is 273 g/mol. The fourth-order valence-corrected chi connectivity index (χ4v) is 1.83. The Hall–Kier alpha value is -2.60. The first kappa shape index (κ1) is 13.8. The number of rotatable bonds is 5.